The first kappa shape index (κ1) is 16.8. The molecule has 0 saturated heterocycles. The summed E-state index contributed by atoms with van der Waals surface area (Å²) in [4.78, 5) is 8.36. The molecule has 1 aliphatic rings. The van der Waals surface area contributed by atoms with Gasteiger partial charge < -0.3 is 9.84 Å². The molecule has 1 atom stereocenters. The Morgan fingerprint density at radius 2 is 1.67 bits per heavy atom. The van der Waals surface area contributed by atoms with E-state index in [2.05, 4.69) is 13.8 Å². The molecule has 0 heterocycles. The van der Waals surface area contributed by atoms with Crippen molar-refractivity contribution in [2.24, 2.45) is 5.41 Å². The van der Waals surface area contributed by atoms with Gasteiger partial charge in [0, 0.05) is 7.11 Å². The lowest BCUT2D eigenvalue weighted by Gasteiger charge is -2.29. The largest absolute Gasteiger partial charge is 0.483 e. The molecule has 15 heavy (non-hydrogen) atoms. The fourth-order valence-corrected chi connectivity index (χ4v) is 1.87. The SMILES string of the molecule is CC.COC(C)C1(C)CCCC1.O=CO. The fourth-order valence-electron chi connectivity index (χ4n) is 1.87. The van der Waals surface area contributed by atoms with Gasteiger partial charge in [0.25, 0.3) is 6.47 Å². The molecule has 3 nitrogen and oxygen atoms in total. The van der Waals surface area contributed by atoms with E-state index in [1.807, 2.05) is 21.0 Å². The first-order valence-electron chi connectivity index (χ1n) is 5.71. The predicted molar refractivity (Wildman–Crippen MR) is 63.1 cm³/mol. The maximum atomic E-state index is 8.36. The number of carbonyl (C=O) groups is 1. The average Bonchev–Trinajstić information content (AvgIpc) is 2.69. The number of carboxylic acid groups (broad SMARTS) is 1. The minimum absolute atomic E-state index is 0.250. The Balaban J connectivity index is 0. The molecular formula is C12H26O3. The summed E-state index contributed by atoms with van der Waals surface area (Å²) in [5, 5.41) is 6.89. The average molecular weight is 218 g/mol. The molecule has 3 heteroatoms. The van der Waals surface area contributed by atoms with Crippen molar-refractivity contribution < 1.29 is 14.6 Å². The second-order valence-corrected chi connectivity index (χ2v) is 3.84. The van der Waals surface area contributed by atoms with Crippen molar-refractivity contribution in [3.8, 4) is 0 Å². The second-order valence-electron chi connectivity index (χ2n) is 3.84. The Labute approximate surface area is 93.8 Å². The lowest BCUT2D eigenvalue weighted by atomic mass is 9.83. The van der Waals surface area contributed by atoms with Crippen molar-refractivity contribution in [2.75, 3.05) is 7.11 Å². The van der Waals surface area contributed by atoms with Crippen LogP contribution in [0.4, 0.5) is 0 Å². The van der Waals surface area contributed by atoms with Crippen LogP contribution < -0.4 is 0 Å². The van der Waals surface area contributed by atoms with Gasteiger partial charge in [0.15, 0.2) is 0 Å². The highest BCUT2D eigenvalue weighted by Gasteiger charge is 2.34. The van der Waals surface area contributed by atoms with Crippen LogP contribution in [0.2, 0.25) is 0 Å². The van der Waals surface area contributed by atoms with Crippen molar-refractivity contribution in [1.82, 2.24) is 0 Å². The van der Waals surface area contributed by atoms with Crippen molar-refractivity contribution in [3.05, 3.63) is 0 Å². The van der Waals surface area contributed by atoms with Crippen LogP contribution in [0.25, 0.3) is 0 Å². The van der Waals surface area contributed by atoms with E-state index in [4.69, 9.17) is 14.6 Å². The van der Waals surface area contributed by atoms with Gasteiger partial charge in [-0.15, -0.1) is 0 Å². The smallest absolute Gasteiger partial charge is 0.290 e. The lowest BCUT2D eigenvalue weighted by Crippen LogP contribution is -2.28. The van der Waals surface area contributed by atoms with E-state index in [9.17, 15) is 0 Å². The standard InChI is InChI=1S/C9H18O.C2H6.CH2O2/c1-8(10-3)9(2)6-4-5-7-9;1-2;2-1-3/h8H,4-7H2,1-3H3;1-2H3;1H,(H,2,3). The zero-order valence-electron chi connectivity index (χ0n) is 10.7. The van der Waals surface area contributed by atoms with Crippen LogP contribution in [0.15, 0.2) is 0 Å². The van der Waals surface area contributed by atoms with Crippen molar-refractivity contribution in [3.63, 3.8) is 0 Å². The van der Waals surface area contributed by atoms with E-state index in [0.29, 0.717) is 11.5 Å². The number of hydrogen-bond acceptors (Lipinski definition) is 2. The summed E-state index contributed by atoms with van der Waals surface area (Å²) in [5.74, 6) is 0. The summed E-state index contributed by atoms with van der Waals surface area (Å²) >= 11 is 0. The second kappa shape index (κ2) is 9.97. The van der Waals surface area contributed by atoms with Gasteiger partial charge >= 0.3 is 0 Å². The van der Waals surface area contributed by atoms with Crippen molar-refractivity contribution in [1.29, 1.82) is 0 Å². The minimum atomic E-state index is -0.250. The van der Waals surface area contributed by atoms with E-state index in [-0.39, 0.29) is 6.47 Å². The summed E-state index contributed by atoms with van der Waals surface area (Å²) in [6.45, 7) is 8.28. The first-order chi connectivity index (χ1) is 7.10. The Bertz CT molecular complexity index is 140. The Morgan fingerprint density at radius 1 is 1.33 bits per heavy atom. The molecule has 1 rings (SSSR count). The van der Waals surface area contributed by atoms with Crippen molar-refractivity contribution >= 4 is 6.47 Å². The molecule has 1 saturated carbocycles. The molecule has 0 aromatic rings. The Morgan fingerprint density at radius 3 is 1.93 bits per heavy atom. The van der Waals surface area contributed by atoms with Crippen LogP contribution >= 0.6 is 0 Å². The van der Waals surface area contributed by atoms with Gasteiger partial charge in [0.1, 0.15) is 0 Å². The first-order valence-corrected chi connectivity index (χ1v) is 5.71. The maximum absolute atomic E-state index is 8.36. The van der Waals surface area contributed by atoms with Gasteiger partial charge in [0.2, 0.25) is 0 Å². The summed E-state index contributed by atoms with van der Waals surface area (Å²) in [5.41, 5.74) is 0.481. The molecule has 0 aliphatic heterocycles. The highest BCUT2D eigenvalue weighted by Crippen LogP contribution is 2.41. The third-order valence-electron chi connectivity index (χ3n) is 3.08. The monoisotopic (exact) mass is 218 g/mol. The molecule has 0 radical (unpaired) electrons. The summed E-state index contributed by atoms with van der Waals surface area (Å²) in [6.07, 6.45) is 5.92. The highest BCUT2D eigenvalue weighted by molar-refractivity contribution is 5.32. The molecular weight excluding hydrogens is 192 g/mol. The summed E-state index contributed by atoms with van der Waals surface area (Å²) in [7, 11) is 1.81. The van der Waals surface area contributed by atoms with E-state index < -0.39 is 0 Å². The maximum Gasteiger partial charge on any atom is 0.290 e. The molecule has 0 spiro atoms. The van der Waals surface area contributed by atoms with E-state index in [0.717, 1.165) is 0 Å². The molecule has 0 amide bonds. The van der Waals surface area contributed by atoms with E-state index in [1.54, 1.807) is 0 Å². The van der Waals surface area contributed by atoms with Gasteiger partial charge in [-0.1, -0.05) is 33.6 Å². The van der Waals surface area contributed by atoms with Gasteiger partial charge in [-0.25, -0.2) is 0 Å². The molecule has 1 N–H and O–H groups in total. The molecule has 1 aliphatic carbocycles. The third kappa shape index (κ3) is 6.50. The molecule has 1 unspecified atom stereocenters. The zero-order chi connectivity index (χ0) is 12.3. The fraction of sp³-hybridized carbons (Fsp3) is 0.917. The molecule has 92 valence electrons. The van der Waals surface area contributed by atoms with Gasteiger partial charge in [0.05, 0.1) is 6.10 Å². The molecule has 0 aromatic heterocycles. The Kier molecular flexibility index (Phi) is 11.2. The summed E-state index contributed by atoms with van der Waals surface area (Å²) < 4.78 is 5.34. The van der Waals surface area contributed by atoms with Crippen LogP contribution in [-0.4, -0.2) is 24.8 Å². The van der Waals surface area contributed by atoms with Crippen LogP contribution in [0.3, 0.4) is 0 Å². The minimum Gasteiger partial charge on any atom is -0.483 e. The quantitative estimate of drug-likeness (QED) is 0.723. The zero-order valence-corrected chi connectivity index (χ0v) is 10.7. The lowest BCUT2D eigenvalue weighted by molar-refractivity contribution is -0.122. The third-order valence-corrected chi connectivity index (χ3v) is 3.08. The highest BCUT2D eigenvalue weighted by atomic mass is 16.5. The number of ether oxygens (including phenoxy) is 1. The van der Waals surface area contributed by atoms with Crippen LogP contribution in [0, 0.1) is 5.41 Å². The molecule has 0 aromatic carbocycles. The van der Waals surface area contributed by atoms with Crippen molar-refractivity contribution in [2.45, 2.75) is 59.5 Å². The Hall–Kier alpha value is -0.570. The normalized spacial score (nSPS) is 19.0. The molecule has 0 bridgehead atoms. The predicted octanol–water partition coefficient (Wildman–Crippen LogP) is 3.33. The topological polar surface area (TPSA) is 46.5 Å². The number of rotatable bonds is 2. The number of hydrogen-bond donors (Lipinski definition) is 1. The number of methoxy groups -OCH3 is 1. The van der Waals surface area contributed by atoms with Gasteiger partial charge in [-0.05, 0) is 25.2 Å². The van der Waals surface area contributed by atoms with Gasteiger partial charge in [-0.3, -0.25) is 4.79 Å². The van der Waals surface area contributed by atoms with Crippen LogP contribution in [0.5, 0.6) is 0 Å². The van der Waals surface area contributed by atoms with E-state index in [1.165, 1.54) is 25.7 Å². The van der Waals surface area contributed by atoms with Crippen LogP contribution in [0.1, 0.15) is 53.4 Å². The van der Waals surface area contributed by atoms with Crippen LogP contribution in [-0.2, 0) is 9.53 Å². The molecule has 1 fully saturated rings. The van der Waals surface area contributed by atoms with Gasteiger partial charge in [-0.2, -0.15) is 0 Å². The summed E-state index contributed by atoms with van der Waals surface area (Å²) in [6, 6.07) is 0. The van der Waals surface area contributed by atoms with E-state index >= 15 is 0 Å².